The second-order valence-corrected chi connectivity index (χ2v) is 18.7. The third kappa shape index (κ3) is 6.27. The van der Waals surface area contributed by atoms with Crippen LogP contribution in [0.2, 0.25) is 0 Å². The van der Waals surface area contributed by atoms with Crippen molar-refractivity contribution in [2.75, 3.05) is 50.0 Å². The van der Waals surface area contributed by atoms with Crippen LogP contribution in [-0.4, -0.2) is 97.6 Å². The third-order valence-corrected chi connectivity index (χ3v) is 14.8. The van der Waals surface area contributed by atoms with Gasteiger partial charge in [0.1, 0.15) is 47.3 Å². The zero-order chi connectivity index (χ0) is 42.8. The summed E-state index contributed by atoms with van der Waals surface area (Å²) in [6.45, 7) is 3.68. The highest BCUT2D eigenvalue weighted by Gasteiger charge is 2.65. The maximum absolute atomic E-state index is 17.6. The van der Waals surface area contributed by atoms with E-state index in [1.165, 1.54) is 0 Å². The Kier molecular flexibility index (Phi) is 9.05. The van der Waals surface area contributed by atoms with Crippen molar-refractivity contribution in [1.82, 2.24) is 34.5 Å². The van der Waals surface area contributed by atoms with Crippen LogP contribution in [0.25, 0.3) is 32.1 Å². The number of carbonyl (C=O) groups is 1. The summed E-state index contributed by atoms with van der Waals surface area (Å²) in [5.74, 6) is -2.25. The van der Waals surface area contributed by atoms with E-state index >= 15 is 22.0 Å². The molecular weight excluding hydrogens is 830 g/mol. The number of halogens is 7. The number of fused-ring (bicyclic) bond motifs is 3. The number of thiophene rings is 1. The van der Waals surface area contributed by atoms with Gasteiger partial charge in [-0.05, 0) is 68.2 Å². The predicted octanol–water partition coefficient (Wildman–Crippen LogP) is 8.08. The van der Waals surface area contributed by atoms with Crippen molar-refractivity contribution in [3.05, 3.63) is 53.4 Å². The van der Waals surface area contributed by atoms with Crippen LogP contribution in [0.4, 0.5) is 46.3 Å². The second kappa shape index (κ2) is 13.9. The summed E-state index contributed by atoms with van der Waals surface area (Å²) in [7, 11) is 0. The highest BCUT2D eigenvalue weighted by molar-refractivity contribution is 7.23. The van der Waals surface area contributed by atoms with E-state index in [9.17, 15) is 18.8 Å². The van der Waals surface area contributed by atoms with Crippen LogP contribution in [0.5, 0.6) is 6.01 Å². The number of amides is 1. The highest BCUT2D eigenvalue weighted by Crippen LogP contribution is 2.62. The lowest BCUT2D eigenvalue weighted by molar-refractivity contribution is -0.137. The van der Waals surface area contributed by atoms with Gasteiger partial charge < -0.3 is 20.3 Å². The summed E-state index contributed by atoms with van der Waals surface area (Å²) < 4.78 is 114. The fourth-order valence-electron chi connectivity index (χ4n) is 11.0. The number of likely N-dealkylation sites (tertiary alicyclic amines) is 1. The lowest BCUT2D eigenvalue weighted by Crippen LogP contribution is -2.72. The summed E-state index contributed by atoms with van der Waals surface area (Å²) in [6, 6.07) is 3.32. The average molecular weight is 869 g/mol. The number of nitriles is 1. The molecule has 1 amide bonds. The summed E-state index contributed by atoms with van der Waals surface area (Å²) in [5, 5.41) is 12.9. The van der Waals surface area contributed by atoms with E-state index in [0.717, 1.165) is 48.5 Å². The molecule has 4 saturated heterocycles. The Labute approximate surface area is 348 Å². The molecule has 0 radical (unpaired) electrons. The van der Waals surface area contributed by atoms with E-state index in [0.29, 0.717) is 50.1 Å². The monoisotopic (exact) mass is 868 g/mol. The van der Waals surface area contributed by atoms with Crippen molar-refractivity contribution in [3.63, 3.8) is 0 Å². The molecule has 5 aromatic rings. The van der Waals surface area contributed by atoms with Crippen LogP contribution < -0.4 is 15.4 Å². The molecule has 4 aliphatic heterocycles. The number of ether oxygens (including phenoxy) is 1. The van der Waals surface area contributed by atoms with Gasteiger partial charge in [-0.2, -0.15) is 42.5 Å². The summed E-state index contributed by atoms with van der Waals surface area (Å²) in [4.78, 5) is 31.8. The lowest BCUT2D eigenvalue weighted by atomic mass is 9.63. The van der Waals surface area contributed by atoms with E-state index in [-0.39, 0.29) is 82.0 Å². The first-order chi connectivity index (χ1) is 29.0. The molecule has 20 heteroatoms. The van der Waals surface area contributed by atoms with Crippen LogP contribution in [0.15, 0.2) is 24.5 Å². The zero-order valence-corrected chi connectivity index (χ0v) is 33.7. The molecule has 4 atom stereocenters. The first-order valence-electron chi connectivity index (χ1n) is 20.2. The minimum atomic E-state index is -5.16. The Balaban J connectivity index is 1.14. The fourth-order valence-corrected chi connectivity index (χ4v) is 11.9. The number of anilines is 2. The number of nitrogens with zero attached hydrogens (tertiary/aromatic N) is 9. The molecule has 320 valence electrons. The Morgan fingerprint density at radius 2 is 1.89 bits per heavy atom. The van der Waals surface area contributed by atoms with E-state index < -0.39 is 69.3 Å². The van der Waals surface area contributed by atoms with E-state index in [2.05, 4.69) is 22.0 Å². The van der Waals surface area contributed by atoms with Crippen LogP contribution in [0.1, 0.15) is 69.4 Å². The van der Waals surface area contributed by atoms with Crippen LogP contribution in [0, 0.1) is 39.9 Å². The van der Waals surface area contributed by atoms with Crippen LogP contribution in [-0.2, 0) is 6.18 Å². The molecule has 5 aliphatic rings. The Morgan fingerprint density at radius 3 is 2.61 bits per heavy atom. The maximum atomic E-state index is 17.6. The summed E-state index contributed by atoms with van der Waals surface area (Å²) in [5.41, 5.74) is 0.961. The van der Waals surface area contributed by atoms with Gasteiger partial charge in [0.2, 0.25) is 0 Å². The number of nitrogen functional groups attached to an aromatic ring is 1. The molecule has 12 nitrogen and oxygen atoms in total. The Hall–Kier alpha value is -5.29. The molecular formula is C41H39F7N10O2S. The van der Waals surface area contributed by atoms with Gasteiger partial charge in [0.05, 0.1) is 21.4 Å². The van der Waals surface area contributed by atoms with Gasteiger partial charge in [0.25, 0.3) is 0 Å². The van der Waals surface area contributed by atoms with E-state index in [4.69, 9.17) is 15.5 Å². The molecule has 3 aromatic heterocycles. The maximum Gasteiger partial charge on any atom is 0.417 e. The first-order valence-corrected chi connectivity index (χ1v) is 21.0. The van der Waals surface area contributed by atoms with Crippen LogP contribution >= 0.6 is 11.3 Å². The standard InChI is InChI=1S/C41H39F7N10O2S/c1-38(9-10-38)34-39(18-57(34)37(59)58-20-51-35(45)54-58)7-2-3-11-55(17-39)33-23-13-25(41(46,47)48)28(22-5-6-26(43)31-27(22)24(15-49)32(50)61-31)29(44)30(23)52-36(53-33)60-19-40-8-4-12-56(40)16-21(42)14-40/h5-6,13,20-21,34H,2-4,7-12,14,16-19,50H2,1H3/t21-,34-,39-,40+/m1/s1. The van der Waals surface area contributed by atoms with Crippen molar-refractivity contribution >= 4 is 49.2 Å². The predicted molar refractivity (Wildman–Crippen MR) is 210 cm³/mol. The number of hydrogen-bond acceptors (Lipinski definition) is 11. The zero-order valence-electron chi connectivity index (χ0n) is 32.8. The van der Waals surface area contributed by atoms with Gasteiger partial charge >= 0.3 is 24.3 Å². The number of rotatable bonds is 6. The minimum absolute atomic E-state index is 0.0163. The van der Waals surface area contributed by atoms with Gasteiger partial charge in [0, 0.05) is 60.4 Å². The topological polar surface area (TPSA) is 142 Å². The SMILES string of the molecule is CC1([C@H]2N(C(=O)n3cnc(F)n3)C[C@]23CCCCN(c2nc(OC[C@@]45CCCN4C[C@H](F)C5)nc4c(F)c(-c5ccc(F)c6sc(N)c(C#N)c56)c(C(F)(F)F)cc24)C3)CC1. The van der Waals surface area contributed by atoms with Gasteiger partial charge in [0.15, 0.2) is 5.82 Å². The number of hydrogen-bond donors (Lipinski definition) is 1. The Bertz CT molecular complexity index is 2680. The molecule has 1 saturated carbocycles. The average Bonchev–Trinajstić information content (AvgIpc) is 3.42. The highest BCUT2D eigenvalue weighted by atomic mass is 32.1. The van der Waals surface area contributed by atoms with Crippen LogP contribution in [0.3, 0.4) is 0 Å². The molecule has 61 heavy (non-hydrogen) atoms. The molecule has 1 aliphatic carbocycles. The van der Waals surface area contributed by atoms with Gasteiger partial charge in [-0.15, -0.1) is 16.4 Å². The quantitative estimate of drug-likeness (QED) is 0.167. The number of alkyl halides is 4. The fraction of sp³-hybridized carbons (Fsp3) is 0.512. The molecule has 2 aromatic carbocycles. The van der Waals surface area contributed by atoms with Gasteiger partial charge in [-0.1, -0.05) is 19.4 Å². The smallest absolute Gasteiger partial charge is 0.417 e. The third-order valence-electron chi connectivity index (χ3n) is 13.8. The Morgan fingerprint density at radius 1 is 1.08 bits per heavy atom. The number of carbonyl (C=O) groups excluding carboxylic acids is 1. The van der Waals surface area contributed by atoms with Gasteiger partial charge in [-0.25, -0.2) is 18.0 Å². The first kappa shape index (κ1) is 39.8. The van der Waals surface area contributed by atoms with Crippen molar-refractivity contribution in [3.8, 4) is 23.2 Å². The number of benzene rings is 2. The van der Waals surface area contributed by atoms with Crippen molar-refractivity contribution in [2.24, 2.45) is 10.8 Å². The minimum Gasteiger partial charge on any atom is -0.461 e. The summed E-state index contributed by atoms with van der Waals surface area (Å²) >= 11 is 0.673. The van der Waals surface area contributed by atoms with Crippen molar-refractivity contribution < 1.29 is 40.3 Å². The number of nitrogens with two attached hydrogens (primary N) is 1. The van der Waals surface area contributed by atoms with Gasteiger partial charge in [-0.3, -0.25) is 4.90 Å². The van der Waals surface area contributed by atoms with Crippen molar-refractivity contribution in [1.29, 1.82) is 5.26 Å². The molecule has 1 spiro atoms. The molecule has 0 bridgehead atoms. The molecule has 5 fully saturated rings. The van der Waals surface area contributed by atoms with E-state index in [1.54, 1.807) is 4.90 Å². The van der Waals surface area contributed by atoms with E-state index in [1.807, 2.05) is 15.9 Å². The molecule has 0 unspecified atom stereocenters. The number of aromatic nitrogens is 5. The second-order valence-electron chi connectivity index (χ2n) is 17.6. The molecule has 7 heterocycles. The molecule has 2 N–H and O–H groups in total. The van der Waals surface area contributed by atoms with Crippen molar-refractivity contribution in [2.45, 2.75) is 82.2 Å². The molecule has 10 rings (SSSR count). The largest absolute Gasteiger partial charge is 0.461 e. The lowest BCUT2D eigenvalue weighted by Gasteiger charge is -2.60. The normalized spacial score (nSPS) is 26.1. The summed E-state index contributed by atoms with van der Waals surface area (Å²) in [6.07, 6.45) is -1.06.